The Hall–Kier alpha value is -2.60. The zero-order valence-electron chi connectivity index (χ0n) is 16.7. The van der Waals surface area contributed by atoms with Crippen molar-refractivity contribution in [1.82, 2.24) is 14.9 Å². The topological polar surface area (TPSA) is 64.0 Å². The molecule has 0 aliphatic carbocycles. The lowest BCUT2D eigenvalue weighted by Crippen LogP contribution is -2.33. The standard InChI is InChI=1S/C22H25N3O2S/c1-5-16(4)23-19(26)13-28-22-24-18-12-7-6-11-17(18)21(27)25(22)20-14(2)9-8-10-15(20)3/h6-12,16H,5,13H2,1-4H3,(H,23,26). The van der Waals surface area contributed by atoms with E-state index in [1.54, 1.807) is 10.6 Å². The van der Waals surface area contributed by atoms with E-state index in [1.807, 2.05) is 64.1 Å². The number of thioether (sulfide) groups is 1. The van der Waals surface area contributed by atoms with Crippen LogP contribution < -0.4 is 10.9 Å². The molecule has 3 rings (SSSR count). The highest BCUT2D eigenvalue weighted by Crippen LogP contribution is 2.25. The number of carbonyl (C=O) groups excluding carboxylic acids is 1. The van der Waals surface area contributed by atoms with Crippen LogP contribution in [0.5, 0.6) is 0 Å². The quantitative estimate of drug-likeness (QED) is 0.506. The van der Waals surface area contributed by atoms with Crippen LogP contribution in [-0.2, 0) is 4.79 Å². The van der Waals surface area contributed by atoms with E-state index >= 15 is 0 Å². The normalized spacial score (nSPS) is 12.1. The first-order valence-electron chi connectivity index (χ1n) is 9.43. The summed E-state index contributed by atoms with van der Waals surface area (Å²) < 4.78 is 1.65. The fraction of sp³-hybridized carbons (Fsp3) is 0.318. The summed E-state index contributed by atoms with van der Waals surface area (Å²) >= 11 is 1.29. The Bertz CT molecular complexity index is 1050. The number of hydrogen-bond acceptors (Lipinski definition) is 4. The molecule has 2 aromatic carbocycles. The van der Waals surface area contributed by atoms with Crippen molar-refractivity contribution in [1.29, 1.82) is 0 Å². The molecule has 1 aromatic heterocycles. The molecule has 0 bridgehead atoms. The summed E-state index contributed by atoms with van der Waals surface area (Å²) in [5.41, 5.74) is 3.33. The molecule has 0 aliphatic rings. The fourth-order valence-electron chi connectivity index (χ4n) is 3.11. The molecule has 0 saturated heterocycles. The molecule has 0 fully saturated rings. The third-order valence-electron chi connectivity index (χ3n) is 4.76. The van der Waals surface area contributed by atoms with Gasteiger partial charge in [0.2, 0.25) is 5.91 Å². The second-order valence-corrected chi connectivity index (χ2v) is 7.90. The van der Waals surface area contributed by atoms with Crippen molar-refractivity contribution in [2.24, 2.45) is 0 Å². The van der Waals surface area contributed by atoms with Gasteiger partial charge in [-0.05, 0) is 50.5 Å². The van der Waals surface area contributed by atoms with Crippen LogP contribution in [0.25, 0.3) is 16.6 Å². The van der Waals surface area contributed by atoms with E-state index in [2.05, 4.69) is 5.32 Å². The molecular formula is C22H25N3O2S. The first-order valence-corrected chi connectivity index (χ1v) is 10.4. The Morgan fingerprint density at radius 2 is 1.82 bits per heavy atom. The zero-order valence-corrected chi connectivity index (χ0v) is 17.5. The molecule has 28 heavy (non-hydrogen) atoms. The summed E-state index contributed by atoms with van der Waals surface area (Å²) in [6.45, 7) is 7.97. The van der Waals surface area contributed by atoms with E-state index in [4.69, 9.17) is 4.98 Å². The van der Waals surface area contributed by atoms with Crippen molar-refractivity contribution in [3.05, 3.63) is 63.9 Å². The van der Waals surface area contributed by atoms with Gasteiger partial charge < -0.3 is 5.32 Å². The number of nitrogens with zero attached hydrogens (tertiary/aromatic N) is 2. The molecule has 1 unspecified atom stereocenters. The van der Waals surface area contributed by atoms with Crippen molar-refractivity contribution in [2.45, 2.75) is 45.3 Å². The molecule has 6 heteroatoms. The van der Waals surface area contributed by atoms with E-state index in [0.717, 1.165) is 23.2 Å². The molecule has 1 amide bonds. The van der Waals surface area contributed by atoms with Gasteiger partial charge in [-0.3, -0.25) is 14.2 Å². The molecule has 5 nitrogen and oxygen atoms in total. The van der Waals surface area contributed by atoms with Crippen LogP contribution in [0, 0.1) is 13.8 Å². The van der Waals surface area contributed by atoms with Gasteiger partial charge >= 0.3 is 0 Å². The number of hydrogen-bond donors (Lipinski definition) is 1. The maximum Gasteiger partial charge on any atom is 0.266 e. The number of fused-ring (bicyclic) bond motifs is 1. The molecule has 0 spiro atoms. The molecule has 1 N–H and O–H groups in total. The zero-order chi connectivity index (χ0) is 20.3. The summed E-state index contributed by atoms with van der Waals surface area (Å²) in [5, 5.41) is 4.05. The van der Waals surface area contributed by atoms with E-state index in [0.29, 0.717) is 16.1 Å². The molecular weight excluding hydrogens is 370 g/mol. The van der Waals surface area contributed by atoms with Crippen LogP contribution in [0.3, 0.4) is 0 Å². The van der Waals surface area contributed by atoms with Gasteiger partial charge in [0.15, 0.2) is 5.16 Å². The Morgan fingerprint density at radius 3 is 2.50 bits per heavy atom. The van der Waals surface area contributed by atoms with Gasteiger partial charge in [-0.25, -0.2) is 4.98 Å². The second kappa shape index (κ2) is 8.61. The lowest BCUT2D eigenvalue weighted by molar-refractivity contribution is -0.119. The Balaban J connectivity index is 2.10. The molecule has 1 heterocycles. The number of carbonyl (C=O) groups is 1. The first kappa shape index (κ1) is 20.1. The van der Waals surface area contributed by atoms with Gasteiger partial charge in [-0.1, -0.05) is 49.0 Å². The van der Waals surface area contributed by atoms with E-state index in [1.165, 1.54) is 11.8 Å². The van der Waals surface area contributed by atoms with Crippen LogP contribution in [0.4, 0.5) is 0 Å². The van der Waals surface area contributed by atoms with E-state index < -0.39 is 0 Å². The third-order valence-corrected chi connectivity index (χ3v) is 5.70. The highest BCUT2D eigenvalue weighted by atomic mass is 32.2. The predicted octanol–water partition coefficient (Wildman–Crippen LogP) is 4.01. The van der Waals surface area contributed by atoms with Crippen LogP contribution in [0.15, 0.2) is 52.4 Å². The van der Waals surface area contributed by atoms with Gasteiger partial charge in [-0.2, -0.15) is 0 Å². The second-order valence-electron chi connectivity index (χ2n) is 6.96. The minimum Gasteiger partial charge on any atom is -0.353 e. The van der Waals surface area contributed by atoms with E-state index in [-0.39, 0.29) is 23.3 Å². The number of nitrogens with one attached hydrogen (secondary N) is 1. The first-order chi connectivity index (χ1) is 13.4. The summed E-state index contributed by atoms with van der Waals surface area (Å²) in [4.78, 5) is 30.3. The summed E-state index contributed by atoms with van der Waals surface area (Å²) in [6.07, 6.45) is 0.873. The largest absolute Gasteiger partial charge is 0.353 e. The molecule has 0 radical (unpaired) electrons. The third kappa shape index (κ3) is 4.12. The summed E-state index contributed by atoms with van der Waals surface area (Å²) in [6, 6.07) is 13.4. The smallest absolute Gasteiger partial charge is 0.266 e. The van der Waals surface area contributed by atoms with Gasteiger partial charge in [-0.15, -0.1) is 0 Å². The summed E-state index contributed by atoms with van der Waals surface area (Å²) in [5.74, 6) is 0.148. The Kier molecular flexibility index (Phi) is 6.19. The molecule has 146 valence electrons. The monoisotopic (exact) mass is 395 g/mol. The van der Waals surface area contributed by atoms with Gasteiger partial charge in [0.25, 0.3) is 5.56 Å². The minimum absolute atomic E-state index is 0.0604. The predicted molar refractivity (Wildman–Crippen MR) is 115 cm³/mol. The van der Waals surface area contributed by atoms with E-state index in [9.17, 15) is 9.59 Å². The minimum atomic E-state index is -0.118. The maximum absolute atomic E-state index is 13.3. The fourth-order valence-corrected chi connectivity index (χ4v) is 3.92. The van der Waals surface area contributed by atoms with Crippen molar-refractivity contribution >= 4 is 28.6 Å². The molecule has 0 saturated carbocycles. The maximum atomic E-state index is 13.3. The lowest BCUT2D eigenvalue weighted by Gasteiger charge is -2.17. The van der Waals surface area contributed by atoms with Crippen molar-refractivity contribution in [3.63, 3.8) is 0 Å². The number of para-hydroxylation sites is 2. The number of rotatable bonds is 6. The van der Waals surface area contributed by atoms with Gasteiger partial charge in [0.05, 0.1) is 22.3 Å². The van der Waals surface area contributed by atoms with Crippen molar-refractivity contribution in [3.8, 4) is 5.69 Å². The number of aryl methyl sites for hydroxylation is 2. The van der Waals surface area contributed by atoms with Crippen molar-refractivity contribution < 1.29 is 4.79 Å². The van der Waals surface area contributed by atoms with Crippen LogP contribution in [-0.4, -0.2) is 27.3 Å². The molecule has 1 atom stereocenters. The van der Waals surface area contributed by atoms with Crippen LogP contribution in [0.1, 0.15) is 31.4 Å². The number of amides is 1. The Labute approximate surface area is 169 Å². The van der Waals surface area contributed by atoms with Gasteiger partial charge in [0.1, 0.15) is 0 Å². The average molecular weight is 396 g/mol. The van der Waals surface area contributed by atoms with Crippen molar-refractivity contribution in [2.75, 3.05) is 5.75 Å². The Morgan fingerprint density at radius 1 is 1.14 bits per heavy atom. The van der Waals surface area contributed by atoms with Gasteiger partial charge in [0, 0.05) is 6.04 Å². The number of aromatic nitrogens is 2. The highest BCUT2D eigenvalue weighted by molar-refractivity contribution is 7.99. The molecule has 0 aliphatic heterocycles. The highest BCUT2D eigenvalue weighted by Gasteiger charge is 2.17. The number of benzene rings is 2. The lowest BCUT2D eigenvalue weighted by atomic mass is 10.1. The SMILES string of the molecule is CCC(C)NC(=O)CSc1nc2ccccc2c(=O)n1-c1c(C)cccc1C. The van der Waals surface area contributed by atoms with Crippen LogP contribution in [0.2, 0.25) is 0 Å². The van der Waals surface area contributed by atoms with Crippen LogP contribution >= 0.6 is 11.8 Å². The average Bonchev–Trinajstić information content (AvgIpc) is 2.68. The summed E-state index contributed by atoms with van der Waals surface area (Å²) in [7, 11) is 0. The molecule has 3 aromatic rings.